The summed E-state index contributed by atoms with van der Waals surface area (Å²) in [7, 11) is 0.530. The number of benzene rings is 5. The Morgan fingerprint density at radius 1 is 0.717 bits per heavy atom. The van der Waals surface area contributed by atoms with Crippen molar-refractivity contribution in [3.05, 3.63) is 144 Å². The van der Waals surface area contributed by atoms with Gasteiger partial charge in [0.05, 0.1) is 26.2 Å². The lowest BCUT2D eigenvalue weighted by Crippen LogP contribution is -2.30. The number of nitrogens with one attached hydrogen (secondary N) is 3. The minimum absolute atomic E-state index is 0.0684. The van der Waals surface area contributed by atoms with Gasteiger partial charge >= 0.3 is 0 Å². The second-order valence-electron chi connectivity index (χ2n) is 11.3. The summed E-state index contributed by atoms with van der Waals surface area (Å²) in [6.07, 6.45) is 1.49. The lowest BCUT2D eigenvalue weighted by Gasteiger charge is -2.18. The molecule has 0 aliphatic rings. The molecule has 0 heterocycles. The first-order valence-corrected chi connectivity index (χ1v) is 18.4. The first-order valence-electron chi connectivity index (χ1n) is 15.9. The van der Waals surface area contributed by atoms with Crippen molar-refractivity contribution in [2.24, 2.45) is 5.14 Å². The highest BCUT2D eigenvalue weighted by Gasteiger charge is 2.23. The van der Waals surface area contributed by atoms with E-state index in [2.05, 4.69) is 16.0 Å². The summed E-state index contributed by atoms with van der Waals surface area (Å²) in [6, 6.07) is 33.3. The van der Waals surface area contributed by atoms with Crippen LogP contribution in [0.3, 0.4) is 0 Å². The van der Waals surface area contributed by atoms with Gasteiger partial charge in [0, 0.05) is 21.8 Å². The number of methoxy groups -OCH3 is 3. The Hall–Kier alpha value is -6.09. The summed E-state index contributed by atoms with van der Waals surface area (Å²) in [6.45, 7) is 0. The van der Waals surface area contributed by atoms with Crippen LogP contribution in [0.5, 0.6) is 17.2 Å². The van der Waals surface area contributed by atoms with Gasteiger partial charge in [-0.15, -0.1) is 11.8 Å². The van der Waals surface area contributed by atoms with Crippen LogP contribution in [0.15, 0.2) is 137 Å². The van der Waals surface area contributed by atoms with Crippen LogP contribution in [0, 0.1) is 0 Å². The largest absolute Gasteiger partial charge is 0.493 e. The van der Waals surface area contributed by atoms with Crippen molar-refractivity contribution in [3.63, 3.8) is 0 Å². The van der Waals surface area contributed by atoms with Crippen molar-refractivity contribution >= 4 is 57.0 Å². The van der Waals surface area contributed by atoms with E-state index in [0.717, 1.165) is 0 Å². The average molecular weight is 753 g/mol. The molecular weight excluding hydrogens is 717 g/mol. The maximum atomic E-state index is 13.9. The second-order valence-corrected chi connectivity index (χ2v) is 14.0. The SMILES string of the molecule is COc1cc(/C=C(/NC(=O)c2ccccc2)C(=O)Nc2cccc(SC(C(=O)Nc3ccc(S(N)(=O)=O)cc3)c3ccccc3)c2)cc(OC)c1OC. The zero-order valence-corrected chi connectivity index (χ0v) is 30.5. The molecule has 12 nitrogen and oxygen atoms in total. The summed E-state index contributed by atoms with van der Waals surface area (Å²) in [5.74, 6) is -0.407. The molecule has 0 saturated heterocycles. The van der Waals surface area contributed by atoms with Gasteiger partial charge in [-0.25, -0.2) is 13.6 Å². The summed E-state index contributed by atoms with van der Waals surface area (Å²) < 4.78 is 39.7. The first kappa shape index (κ1) is 38.1. The molecule has 0 aliphatic heterocycles. The summed E-state index contributed by atoms with van der Waals surface area (Å²) in [5.41, 5.74) is 2.26. The zero-order chi connectivity index (χ0) is 38.0. The van der Waals surface area contributed by atoms with Crippen molar-refractivity contribution in [1.29, 1.82) is 0 Å². The standard InChI is InChI=1S/C39H36N4O8S2/c1-49-33-22-25(23-34(50-2)35(33)51-3)21-32(43-37(44)27-13-8-5-9-14-27)38(45)42-29-15-10-16-30(24-29)52-36(26-11-6-4-7-12-26)39(46)41-28-17-19-31(20-18-28)53(40,47)48/h4-24,36H,1-3H3,(H,41,46)(H,42,45)(H,43,44)(H2,40,47,48)/b32-21+. The van der Waals surface area contributed by atoms with Crippen molar-refractivity contribution < 1.29 is 37.0 Å². The number of thioether (sulfide) groups is 1. The molecule has 14 heteroatoms. The second kappa shape index (κ2) is 17.4. The number of nitrogens with two attached hydrogens (primary N) is 1. The molecular formula is C39H36N4O8S2. The van der Waals surface area contributed by atoms with E-state index in [1.807, 2.05) is 30.3 Å². The van der Waals surface area contributed by atoms with Crippen molar-refractivity contribution in [1.82, 2.24) is 5.32 Å². The van der Waals surface area contributed by atoms with E-state index < -0.39 is 27.1 Å². The Morgan fingerprint density at radius 3 is 1.92 bits per heavy atom. The highest BCUT2D eigenvalue weighted by atomic mass is 32.2. The molecule has 0 aromatic heterocycles. The number of amides is 3. The van der Waals surface area contributed by atoms with E-state index in [0.29, 0.717) is 50.2 Å². The monoisotopic (exact) mass is 752 g/mol. The number of ether oxygens (including phenoxy) is 3. The lowest BCUT2D eigenvalue weighted by molar-refractivity contribution is -0.116. The molecule has 0 saturated carbocycles. The van der Waals surface area contributed by atoms with Gasteiger partial charge in [-0.2, -0.15) is 0 Å². The van der Waals surface area contributed by atoms with E-state index in [-0.39, 0.29) is 16.5 Å². The van der Waals surface area contributed by atoms with Crippen LogP contribution in [-0.4, -0.2) is 47.5 Å². The smallest absolute Gasteiger partial charge is 0.272 e. The van der Waals surface area contributed by atoms with Crippen LogP contribution in [-0.2, 0) is 19.6 Å². The Kier molecular flexibility index (Phi) is 12.5. The molecule has 0 fully saturated rings. The van der Waals surface area contributed by atoms with Crippen LogP contribution in [0.2, 0.25) is 0 Å². The lowest BCUT2D eigenvalue weighted by atomic mass is 10.1. The average Bonchev–Trinajstić information content (AvgIpc) is 3.16. The summed E-state index contributed by atoms with van der Waals surface area (Å²) >= 11 is 1.25. The van der Waals surface area contributed by atoms with Crippen molar-refractivity contribution in [3.8, 4) is 17.2 Å². The number of hydrogen-bond donors (Lipinski definition) is 4. The zero-order valence-electron chi connectivity index (χ0n) is 28.9. The molecule has 5 aromatic carbocycles. The highest BCUT2D eigenvalue weighted by molar-refractivity contribution is 8.00. The Bertz CT molecular complexity index is 2210. The predicted molar refractivity (Wildman–Crippen MR) is 205 cm³/mol. The summed E-state index contributed by atoms with van der Waals surface area (Å²) in [5, 5.41) is 12.9. The molecule has 5 rings (SSSR count). The molecule has 0 aliphatic carbocycles. The number of rotatable bonds is 14. The molecule has 5 aromatic rings. The van der Waals surface area contributed by atoms with Crippen LogP contribution < -0.4 is 35.3 Å². The third-order valence-electron chi connectivity index (χ3n) is 7.66. The Labute approximate surface area is 311 Å². The van der Waals surface area contributed by atoms with Gasteiger partial charge in [-0.05, 0) is 83.9 Å². The molecule has 1 atom stereocenters. The minimum atomic E-state index is -3.90. The third-order valence-corrected chi connectivity index (χ3v) is 9.84. The number of sulfonamides is 1. The molecule has 272 valence electrons. The normalized spacial score (nSPS) is 11.9. The fraction of sp³-hybridized carbons (Fsp3) is 0.103. The predicted octanol–water partition coefficient (Wildman–Crippen LogP) is 6.24. The fourth-order valence-electron chi connectivity index (χ4n) is 5.11. The number of carbonyl (C=O) groups excluding carboxylic acids is 3. The first-order chi connectivity index (χ1) is 25.5. The fourth-order valence-corrected chi connectivity index (χ4v) is 6.71. The van der Waals surface area contributed by atoms with Gasteiger partial charge in [0.15, 0.2) is 11.5 Å². The molecule has 1 unspecified atom stereocenters. The van der Waals surface area contributed by atoms with Crippen LogP contribution >= 0.6 is 11.8 Å². The Morgan fingerprint density at radius 2 is 1.34 bits per heavy atom. The van der Waals surface area contributed by atoms with Crippen molar-refractivity contribution in [2.75, 3.05) is 32.0 Å². The number of anilines is 2. The van der Waals surface area contributed by atoms with E-state index in [4.69, 9.17) is 19.3 Å². The van der Waals surface area contributed by atoms with Crippen molar-refractivity contribution in [2.45, 2.75) is 15.0 Å². The third kappa shape index (κ3) is 10.0. The molecule has 0 bridgehead atoms. The number of hydrogen-bond acceptors (Lipinski definition) is 9. The van der Waals surface area contributed by atoms with Gasteiger partial charge in [0.25, 0.3) is 11.8 Å². The number of carbonyl (C=O) groups is 3. The van der Waals surface area contributed by atoms with Gasteiger partial charge in [0.2, 0.25) is 21.7 Å². The molecule has 0 radical (unpaired) electrons. The molecule has 3 amide bonds. The Balaban J connectivity index is 1.42. The van der Waals surface area contributed by atoms with E-state index in [9.17, 15) is 22.8 Å². The number of primary sulfonamides is 1. The maximum Gasteiger partial charge on any atom is 0.272 e. The van der Waals surface area contributed by atoms with E-state index in [1.165, 1.54) is 63.4 Å². The molecule has 53 heavy (non-hydrogen) atoms. The quantitative estimate of drug-likeness (QED) is 0.0756. The molecule has 0 spiro atoms. The van der Waals surface area contributed by atoms with Gasteiger partial charge in [-0.3, -0.25) is 14.4 Å². The van der Waals surface area contributed by atoms with E-state index in [1.54, 1.807) is 66.7 Å². The topological polar surface area (TPSA) is 175 Å². The van der Waals surface area contributed by atoms with E-state index >= 15 is 0 Å². The van der Waals surface area contributed by atoms with Gasteiger partial charge < -0.3 is 30.2 Å². The van der Waals surface area contributed by atoms with Crippen LogP contribution in [0.1, 0.15) is 26.7 Å². The minimum Gasteiger partial charge on any atom is -0.493 e. The van der Waals surface area contributed by atoms with Crippen LogP contribution in [0.25, 0.3) is 6.08 Å². The highest BCUT2D eigenvalue weighted by Crippen LogP contribution is 2.39. The maximum absolute atomic E-state index is 13.9. The summed E-state index contributed by atoms with van der Waals surface area (Å²) in [4.78, 5) is 41.3. The van der Waals surface area contributed by atoms with Gasteiger partial charge in [0.1, 0.15) is 10.9 Å². The van der Waals surface area contributed by atoms with Gasteiger partial charge in [-0.1, -0.05) is 54.6 Å². The molecule has 5 N–H and O–H groups in total. The van der Waals surface area contributed by atoms with Crippen LogP contribution in [0.4, 0.5) is 11.4 Å².